The number of ketones is 1. The second-order valence-electron chi connectivity index (χ2n) is 14.1. The number of halogens is 1. The Morgan fingerprint density at radius 3 is 2.43 bits per heavy atom. The van der Waals surface area contributed by atoms with Crippen LogP contribution >= 0.6 is 0 Å². The summed E-state index contributed by atoms with van der Waals surface area (Å²) >= 11 is 0. The number of amides is 1. The fourth-order valence-electron chi connectivity index (χ4n) is 8.39. The minimum atomic E-state index is -2.50. The standard InChI is InChI=1S/C33H43FN4O6/c1-4-32(8-5-9-32)15-38(13-16-6-7-16)14-18-12-21(39)23-19(25(18)34)10-17-11-20-26(37(2)3)28(41)24(31(36)43)29(35)33(20,44)30(42)22(17)27(23)40/h12,16-17,20,26,35,39,41-42,44H,4-11,13-15H2,1-3H3,(H2,36,43)/t17-,20?,26-,33+/m0/s1. The molecule has 0 radical (unpaired) electrons. The van der Waals surface area contributed by atoms with Crippen LogP contribution in [-0.2, 0) is 17.8 Å². The smallest absolute Gasteiger partial charge is 0.254 e. The molecule has 0 spiro atoms. The summed E-state index contributed by atoms with van der Waals surface area (Å²) in [5.74, 6) is -5.47. The predicted molar refractivity (Wildman–Crippen MR) is 161 cm³/mol. The van der Waals surface area contributed by atoms with Crippen LogP contribution in [0.4, 0.5) is 4.39 Å². The van der Waals surface area contributed by atoms with E-state index in [4.69, 9.17) is 11.1 Å². The van der Waals surface area contributed by atoms with E-state index in [0.717, 1.165) is 45.2 Å². The number of aliphatic hydroxyl groups excluding tert-OH is 2. The molecule has 0 aromatic heterocycles. The molecule has 10 nitrogen and oxygen atoms in total. The maximum absolute atomic E-state index is 16.4. The first-order chi connectivity index (χ1) is 20.7. The van der Waals surface area contributed by atoms with Gasteiger partial charge >= 0.3 is 0 Å². The van der Waals surface area contributed by atoms with Gasteiger partial charge in [0.25, 0.3) is 5.91 Å². The first kappa shape index (κ1) is 30.7. The van der Waals surface area contributed by atoms with Crippen molar-refractivity contribution in [1.82, 2.24) is 9.80 Å². The number of phenolic OH excluding ortho intramolecular Hbond substituents is 1. The van der Waals surface area contributed by atoms with E-state index in [1.54, 1.807) is 19.0 Å². The molecule has 44 heavy (non-hydrogen) atoms. The highest BCUT2D eigenvalue weighted by Gasteiger charge is 2.61. The van der Waals surface area contributed by atoms with Crippen LogP contribution in [0, 0.1) is 34.4 Å². The number of aromatic hydroxyl groups is 1. The number of aliphatic hydroxyl groups is 3. The lowest BCUT2D eigenvalue weighted by molar-refractivity contribution is -0.114. The Labute approximate surface area is 256 Å². The number of likely N-dealkylation sites (N-methyl/N-ethyl adjacent to an activating group) is 1. The zero-order valence-corrected chi connectivity index (χ0v) is 25.6. The van der Waals surface area contributed by atoms with Gasteiger partial charge in [-0.2, -0.15) is 0 Å². The molecule has 0 aliphatic heterocycles. The van der Waals surface area contributed by atoms with Gasteiger partial charge < -0.3 is 31.6 Å². The molecule has 0 saturated heterocycles. The monoisotopic (exact) mass is 610 g/mol. The normalized spacial score (nSPS) is 29.5. The van der Waals surface area contributed by atoms with Crippen molar-refractivity contribution in [2.24, 2.45) is 28.9 Å². The minimum absolute atomic E-state index is 0.000341. The maximum Gasteiger partial charge on any atom is 0.254 e. The highest BCUT2D eigenvalue weighted by molar-refractivity contribution is 6.26. The van der Waals surface area contributed by atoms with Gasteiger partial charge in [0, 0.05) is 42.3 Å². The minimum Gasteiger partial charge on any atom is -0.510 e. The number of carbonyl (C=O) groups is 2. The number of nitrogens with zero attached hydrogens (tertiary/aromatic N) is 2. The van der Waals surface area contributed by atoms with Crippen molar-refractivity contribution in [3.05, 3.63) is 51.2 Å². The summed E-state index contributed by atoms with van der Waals surface area (Å²) in [5, 5.41) is 54.1. The van der Waals surface area contributed by atoms with Gasteiger partial charge in [0.05, 0.1) is 17.3 Å². The van der Waals surface area contributed by atoms with Crippen LogP contribution in [0.5, 0.6) is 5.75 Å². The van der Waals surface area contributed by atoms with E-state index in [2.05, 4.69) is 11.8 Å². The Morgan fingerprint density at radius 1 is 1.20 bits per heavy atom. The first-order valence-electron chi connectivity index (χ1n) is 15.7. The number of fused-ring (bicyclic) bond motifs is 3. The molecule has 2 fully saturated rings. The lowest BCUT2D eigenvalue weighted by Crippen LogP contribution is -2.63. The van der Waals surface area contributed by atoms with Gasteiger partial charge in [-0.1, -0.05) is 13.3 Å². The number of benzene rings is 1. The summed E-state index contributed by atoms with van der Waals surface area (Å²) in [6.45, 7) is 4.25. The van der Waals surface area contributed by atoms with E-state index in [0.29, 0.717) is 18.0 Å². The fourth-order valence-corrected chi connectivity index (χ4v) is 8.39. The van der Waals surface area contributed by atoms with Gasteiger partial charge in [0.2, 0.25) is 0 Å². The van der Waals surface area contributed by atoms with Crippen LogP contribution < -0.4 is 5.73 Å². The van der Waals surface area contributed by atoms with Crippen molar-refractivity contribution in [1.29, 1.82) is 5.41 Å². The van der Waals surface area contributed by atoms with Crippen LogP contribution in [0.15, 0.2) is 28.7 Å². The van der Waals surface area contributed by atoms with E-state index in [1.807, 2.05) is 0 Å². The Morgan fingerprint density at radius 2 is 1.89 bits per heavy atom. The molecule has 4 atom stereocenters. The summed E-state index contributed by atoms with van der Waals surface area (Å²) in [6.07, 6.45) is 6.87. The van der Waals surface area contributed by atoms with Crippen LogP contribution in [-0.4, -0.2) is 86.5 Å². The van der Waals surface area contributed by atoms with E-state index < -0.39 is 69.5 Å². The second kappa shape index (κ2) is 10.7. The number of nitrogens with one attached hydrogen (secondary N) is 1. The lowest BCUT2D eigenvalue weighted by Gasteiger charge is -2.51. The number of carbonyl (C=O) groups excluding carboxylic acids is 2. The number of nitrogens with two attached hydrogens (primary N) is 1. The second-order valence-corrected chi connectivity index (χ2v) is 14.1. The van der Waals surface area contributed by atoms with Gasteiger partial charge in [0.15, 0.2) is 11.4 Å². The number of Topliss-reactive ketones (excluding diaryl/α,β-unsaturated/α-hetero) is 1. The van der Waals surface area contributed by atoms with Gasteiger partial charge in [-0.25, -0.2) is 4.39 Å². The molecule has 238 valence electrons. The zero-order valence-electron chi connectivity index (χ0n) is 25.6. The van der Waals surface area contributed by atoms with Gasteiger partial charge in [-0.3, -0.25) is 19.4 Å². The third-order valence-corrected chi connectivity index (χ3v) is 11.1. The van der Waals surface area contributed by atoms with Crippen LogP contribution in [0.25, 0.3) is 0 Å². The van der Waals surface area contributed by atoms with Crippen molar-refractivity contribution in [3.63, 3.8) is 0 Å². The van der Waals surface area contributed by atoms with Crippen LogP contribution in [0.3, 0.4) is 0 Å². The SMILES string of the molecule is CCC1(CN(Cc2cc(O)c3c(c2F)C[C@H]2CC4[C@H](N(C)C)C(O)=C(C(N)=O)C(=N)[C@@]4(O)C(O)=C2C3=O)CC2CC2)CCC1. The highest BCUT2D eigenvalue weighted by Crippen LogP contribution is 2.53. The number of hydrogen-bond donors (Lipinski definition) is 6. The predicted octanol–water partition coefficient (Wildman–Crippen LogP) is 3.50. The molecule has 2 saturated carbocycles. The molecule has 1 amide bonds. The molecule has 0 bridgehead atoms. The average Bonchev–Trinajstić information content (AvgIpc) is 3.74. The summed E-state index contributed by atoms with van der Waals surface area (Å²) in [4.78, 5) is 30.0. The topological polar surface area (TPSA) is 171 Å². The summed E-state index contributed by atoms with van der Waals surface area (Å²) in [5.41, 5.74) is 1.67. The van der Waals surface area contributed by atoms with E-state index >= 15 is 4.39 Å². The van der Waals surface area contributed by atoms with E-state index in [-0.39, 0.29) is 35.0 Å². The van der Waals surface area contributed by atoms with Crippen molar-refractivity contribution < 1.29 is 34.4 Å². The first-order valence-corrected chi connectivity index (χ1v) is 15.7. The maximum atomic E-state index is 16.4. The number of allylic oxidation sites excluding steroid dienone is 1. The van der Waals surface area contributed by atoms with Gasteiger partial charge in [0.1, 0.15) is 28.7 Å². The fraction of sp³-hybridized carbons (Fsp3) is 0.606. The van der Waals surface area contributed by atoms with Crippen LogP contribution in [0.1, 0.15) is 73.4 Å². The van der Waals surface area contributed by atoms with E-state index in [1.165, 1.54) is 12.5 Å². The van der Waals surface area contributed by atoms with Crippen molar-refractivity contribution in [2.75, 3.05) is 27.2 Å². The van der Waals surface area contributed by atoms with E-state index in [9.17, 15) is 30.0 Å². The highest BCUT2D eigenvalue weighted by atomic mass is 19.1. The van der Waals surface area contributed by atoms with Crippen LogP contribution in [0.2, 0.25) is 0 Å². The third-order valence-electron chi connectivity index (χ3n) is 11.1. The van der Waals surface area contributed by atoms with Crippen molar-refractivity contribution in [3.8, 4) is 5.75 Å². The quantitative estimate of drug-likeness (QED) is 0.247. The lowest BCUT2D eigenvalue weighted by atomic mass is 9.58. The van der Waals surface area contributed by atoms with Crippen molar-refractivity contribution >= 4 is 17.4 Å². The molecule has 6 rings (SSSR count). The number of rotatable bonds is 9. The molecule has 5 aliphatic rings. The van der Waals surface area contributed by atoms with Crippen molar-refractivity contribution in [2.45, 2.75) is 76.5 Å². The third kappa shape index (κ3) is 4.58. The van der Waals surface area contributed by atoms with Gasteiger partial charge in [-0.05, 0) is 82.4 Å². The average molecular weight is 611 g/mol. The van der Waals surface area contributed by atoms with Gasteiger partial charge in [-0.15, -0.1) is 0 Å². The molecular formula is C33H43FN4O6. The largest absolute Gasteiger partial charge is 0.510 e. The summed E-state index contributed by atoms with van der Waals surface area (Å²) < 4.78 is 16.4. The molecule has 7 N–H and O–H groups in total. The number of primary amides is 1. The molecule has 11 heteroatoms. The Hall–Kier alpha value is -3.28. The zero-order chi connectivity index (χ0) is 31.9. The Balaban J connectivity index is 1.39. The molecular weight excluding hydrogens is 567 g/mol. The Kier molecular flexibility index (Phi) is 7.45. The number of hydrogen-bond acceptors (Lipinski definition) is 9. The molecule has 0 heterocycles. The molecule has 5 aliphatic carbocycles. The Bertz CT molecular complexity index is 1500. The summed E-state index contributed by atoms with van der Waals surface area (Å²) in [6, 6.07) is 0.287. The molecule has 1 aromatic rings. The number of phenols is 1. The molecule has 1 aromatic carbocycles. The summed E-state index contributed by atoms with van der Waals surface area (Å²) in [7, 11) is 3.21. The molecule has 1 unspecified atom stereocenters.